The second-order valence-electron chi connectivity index (χ2n) is 5.65. The minimum Gasteiger partial charge on any atom is -0.497 e. The van der Waals surface area contributed by atoms with E-state index in [1.165, 1.54) is 0 Å². The molecule has 2 aromatic carbocycles. The van der Waals surface area contributed by atoms with Crippen molar-refractivity contribution in [3.05, 3.63) is 83.6 Å². The van der Waals surface area contributed by atoms with Gasteiger partial charge in [0.15, 0.2) is 5.78 Å². The molecule has 3 aromatic rings. The van der Waals surface area contributed by atoms with Gasteiger partial charge in [0.05, 0.1) is 12.7 Å². The average molecular weight is 348 g/mol. The highest BCUT2D eigenvalue weighted by Crippen LogP contribution is 2.21. The van der Waals surface area contributed by atoms with Crippen LogP contribution in [-0.2, 0) is 6.61 Å². The molecular weight excluding hydrogens is 328 g/mol. The van der Waals surface area contributed by atoms with Crippen molar-refractivity contribution in [3.63, 3.8) is 0 Å². The third-order valence-electron chi connectivity index (χ3n) is 3.93. The number of rotatable bonds is 7. The summed E-state index contributed by atoms with van der Waals surface area (Å²) in [7, 11) is 3.37. The van der Waals surface area contributed by atoms with Crippen molar-refractivity contribution in [2.24, 2.45) is 0 Å². The van der Waals surface area contributed by atoms with Crippen LogP contribution in [0.25, 0.3) is 0 Å². The Labute approximate surface area is 152 Å². The molecule has 1 aromatic heterocycles. The summed E-state index contributed by atoms with van der Waals surface area (Å²) in [5, 5.41) is 2.94. The number of carbonyl (C=O) groups excluding carboxylic acids is 1. The fourth-order valence-electron chi connectivity index (χ4n) is 2.60. The van der Waals surface area contributed by atoms with Crippen molar-refractivity contribution in [1.29, 1.82) is 0 Å². The molecule has 0 radical (unpaired) electrons. The number of ether oxygens (including phenoxy) is 2. The van der Waals surface area contributed by atoms with Gasteiger partial charge in [-0.05, 0) is 42.0 Å². The number of ketones is 1. The maximum absolute atomic E-state index is 12.8. The predicted molar refractivity (Wildman–Crippen MR) is 101 cm³/mol. The van der Waals surface area contributed by atoms with Gasteiger partial charge in [-0.1, -0.05) is 24.3 Å². The molecule has 0 saturated carbocycles. The highest BCUT2D eigenvalue weighted by atomic mass is 16.5. The number of nitrogens with zero attached hydrogens (tertiary/aromatic N) is 1. The molecule has 5 nitrogen and oxygen atoms in total. The Balaban J connectivity index is 1.76. The monoisotopic (exact) mass is 348 g/mol. The van der Waals surface area contributed by atoms with E-state index in [9.17, 15) is 4.79 Å². The number of methoxy groups -OCH3 is 1. The molecule has 0 aliphatic rings. The van der Waals surface area contributed by atoms with Crippen LogP contribution in [0.3, 0.4) is 0 Å². The minimum atomic E-state index is -0.103. The van der Waals surface area contributed by atoms with Crippen LogP contribution in [0.2, 0.25) is 0 Å². The second kappa shape index (κ2) is 8.16. The number of nitrogens with one attached hydrogen (secondary N) is 1. The topological polar surface area (TPSA) is 60.5 Å². The van der Waals surface area contributed by atoms with E-state index >= 15 is 0 Å². The van der Waals surface area contributed by atoms with Crippen molar-refractivity contribution in [1.82, 2.24) is 4.98 Å². The molecule has 1 N–H and O–H groups in total. The summed E-state index contributed by atoms with van der Waals surface area (Å²) in [4.78, 5) is 17.0. The highest BCUT2D eigenvalue weighted by Gasteiger charge is 2.14. The molecule has 26 heavy (non-hydrogen) atoms. The Kier molecular flexibility index (Phi) is 5.49. The van der Waals surface area contributed by atoms with Crippen molar-refractivity contribution in [2.45, 2.75) is 6.61 Å². The van der Waals surface area contributed by atoms with Crippen molar-refractivity contribution < 1.29 is 14.3 Å². The van der Waals surface area contributed by atoms with Crippen molar-refractivity contribution in [3.8, 4) is 11.5 Å². The fourth-order valence-corrected chi connectivity index (χ4v) is 2.60. The van der Waals surface area contributed by atoms with E-state index in [1.807, 2.05) is 36.4 Å². The Morgan fingerprint density at radius 2 is 1.85 bits per heavy atom. The van der Waals surface area contributed by atoms with Gasteiger partial charge >= 0.3 is 0 Å². The first-order valence-electron chi connectivity index (χ1n) is 8.24. The summed E-state index contributed by atoms with van der Waals surface area (Å²) in [5.74, 6) is 1.87. The third-order valence-corrected chi connectivity index (χ3v) is 3.93. The number of hydrogen-bond donors (Lipinski definition) is 1. The molecule has 5 heteroatoms. The number of pyridine rings is 1. The number of hydrogen-bond acceptors (Lipinski definition) is 5. The Morgan fingerprint density at radius 1 is 1.04 bits per heavy atom. The van der Waals surface area contributed by atoms with Crippen LogP contribution in [0, 0.1) is 0 Å². The molecule has 3 rings (SSSR count). The van der Waals surface area contributed by atoms with E-state index in [1.54, 1.807) is 44.6 Å². The fraction of sp³-hybridized carbons (Fsp3) is 0.143. The molecule has 1 heterocycles. The highest BCUT2D eigenvalue weighted by molar-refractivity contribution is 6.11. The van der Waals surface area contributed by atoms with Gasteiger partial charge in [0.1, 0.15) is 23.9 Å². The zero-order valence-corrected chi connectivity index (χ0v) is 14.7. The minimum absolute atomic E-state index is 0.103. The lowest BCUT2D eigenvalue weighted by Crippen LogP contribution is -2.07. The van der Waals surface area contributed by atoms with Crippen LogP contribution in [0.15, 0.2) is 66.9 Å². The Bertz CT molecular complexity index is 909. The largest absolute Gasteiger partial charge is 0.497 e. The lowest BCUT2D eigenvalue weighted by Gasteiger charge is -2.10. The van der Waals surface area contributed by atoms with Gasteiger partial charge in [-0.25, -0.2) is 4.98 Å². The smallest absolute Gasteiger partial charge is 0.196 e. The van der Waals surface area contributed by atoms with Crippen LogP contribution >= 0.6 is 0 Å². The van der Waals surface area contributed by atoms with Gasteiger partial charge in [0.25, 0.3) is 0 Å². The van der Waals surface area contributed by atoms with Crippen LogP contribution < -0.4 is 14.8 Å². The molecule has 0 aliphatic carbocycles. The Morgan fingerprint density at radius 3 is 2.65 bits per heavy atom. The number of anilines is 1. The van der Waals surface area contributed by atoms with E-state index in [0.717, 1.165) is 11.3 Å². The van der Waals surface area contributed by atoms with E-state index in [4.69, 9.17) is 9.47 Å². The maximum atomic E-state index is 12.8. The summed E-state index contributed by atoms with van der Waals surface area (Å²) in [6, 6.07) is 18.3. The van der Waals surface area contributed by atoms with E-state index in [0.29, 0.717) is 29.3 Å². The third kappa shape index (κ3) is 4.00. The summed E-state index contributed by atoms with van der Waals surface area (Å²) in [5.41, 5.74) is 2.07. The van der Waals surface area contributed by atoms with Crippen LogP contribution in [0.5, 0.6) is 11.5 Å². The molecule has 0 fully saturated rings. The molecule has 0 bridgehead atoms. The summed E-state index contributed by atoms with van der Waals surface area (Å²) in [6.07, 6.45) is 1.65. The van der Waals surface area contributed by atoms with Gasteiger partial charge in [-0.2, -0.15) is 0 Å². The molecule has 0 unspecified atom stereocenters. The lowest BCUT2D eigenvalue weighted by atomic mass is 10.0. The Hall–Kier alpha value is -3.34. The molecule has 132 valence electrons. The second-order valence-corrected chi connectivity index (χ2v) is 5.65. The van der Waals surface area contributed by atoms with Crippen LogP contribution in [0.1, 0.15) is 21.5 Å². The van der Waals surface area contributed by atoms with Crippen LogP contribution in [0.4, 0.5) is 5.82 Å². The van der Waals surface area contributed by atoms with E-state index in [-0.39, 0.29) is 5.78 Å². The van der Waals surface area contributed by atoms with Gasteiger partial charge in [0.2, 0.25) is 0 Å². The summed E-state index contributed by atoms with van der Waals surface area (Å²) >= 11 is 0. The van der Waals surface area contributed by atoms with Crippen molar-refractivity contribution >= 4 is 11.6 Å². The molecule has 0 amide bonds. The zero-order chi connectivity index (χ0) is 18.4. The molecule has 0 saturated heterocycles. The molecule has 0 atom stereocenters. The maximum Gasteiger partial charge on any atom is 0.196 e. The summed E-state index contributed by atoms with van der Waals surface area (Å²) < 4.78 is 11.1. The van der Waals surface area contributed by atoms with E-state index < -0.39 is 0 Å². The summed E-state index contributed by atoms with van der Waals surface area (Å²) in [6.45, 7) is 0.392. The van der Waals surface area contributed by atoms with Gasteiger partial charge in [-0.3, -0.25) is 4.79 Å². The first kappa shape index (κ1) is 17.5. The molecular formula is C21H20N2O3. The lowest BCUT2D eigenvalue weighted by molar-refractivity contribution is 0.103. The molecule has 0 spiro atoms. The van der Waals surface area contributed by atoms with Gasteiger partial charge in [0, 0.05) is 18.8 Å². The number of carbonyl (C=O) groups is 1. The van der Waals surface area contributed by atoms with Crippen LogP contribution in [-0.4, -0.2) is 24.9 Å². The number of benzene rings is 2. The SMILES string of the molecule is CNc1ncccc1C(=O)c1cccc(OCc2cccc(OC)c2)c1. The van der Waals surface area contributed by atoms with Gasteiger partial charge < -0.3 is 14.8 Å². The van der Waals surface area contributed by atoms with Crippen molar-refractivity contribution in [2.75, 3.05) is 19.5 Å². The molecule has 0 aliphatic heterocycles. The number of aromatic nitrogens is 1. The quantitative estimate of drug-likeness (QED) is 0.655. The van der Waals surface area contributed by atoms with E-state index in [2.05, 4.69) is 10.3 Å². The zero-order valence-electron chi connectivity index (χ0n) is 14.7. The normalized spacial score (nSPS) is 10.2. The standard InChI is InChI=1S/C21H20N2O3/c1-22-21-19(10-5-11-23-21)20(24)16-7-4-9-18(13-16)26-14-15-6-3-8-17(12-15)25-2/h3-13H,14H2,1-2H3,(H,22,23). The average Bonchev–Trinajstić information content (AvgIpc) is 2.72. The first-order valence-corrected chi connectivity index (χ1v) is 8.24. The predicted octanol–water partition coefficient (Wildman–Crippen LogP) is 3.94. The first-order chi connectivity index (χ1) is 12.7. The van der Waals surface area contributed by atoms with Gasteiger partial charge in [-0.15, -0.1) is 0 Å².